The Morgan fingerprint density at radius 2 is 1.56 bits per heavy atom. The summed E-state index contributed by atoms with van der Waals surface area (Å²) in [5, 5.41) is 12.1. The fraction of sp³-hybridized carbons (Fsp3) is 0.211. The summed E-state index contributed by atoms with van der Waals surface area (Å²) in [6.45, 7) is 3.15. The summed E-state index contributed by atoms with van der Waals surface area (Å²) in [5.74, 6) is 0.998. The molecule has 1 aliphatic rings. The molecule has 2 aromatic carbocycles. The lowest BCUT2D eigenvalue weighted by Gasteiger charge is -2.35. The predicted octanol–water partition coefficient (Wildman–Crippen LogP) is 3.73. The number of hydrogen-bond donors (Lipinski definition) is 1. The minimum absolute atomic E-state index is 0.220. The van der Waals surface area contributed by atoms with Crippen LogP contribution >= 0.6 is 11.6 Å². The highest BCUT2D eigenvalue weighted by Crippen LogP contribution is 2.21. The van der Waals surface area contributed by atoms with Gasteiger partial charge in [-0.05, 0) is 48.5 Å². The minimum Gasteiger partial charge on any atom is -0.368 e. The van der Waals surface area contributed by atoms with Crippen LogP contribution in [0, 0.1) is 5.82 Å². The average Bonchev–Trinajstić information content (AvgIpc) is 2.71. The van der Waals surface area contributed by atoms with Gasteiger partial charge in [-0.2, -0.15) is 10.1 Å². The minimum atomic E-state index is -0.220. The Morgan fingerprint density at radius 3 is 2.26 bits per heavy atom. The molecule has 0 saturated carbocycles. The van der Waals surface area contributed by atoms with Crippen LogP contribution in [0.3, 0.4) is 0 Å². The maximum absolute atomic E-state index is 13.1. The van der Waals surface area contributed by atoms with Crippen molar-refractivity contribution in [2.75, 3.05) is 41.3 Å². The van der Waals surface area contributed by atoms with Crippen molar-refractivity contribution in [3.63, 3.8) is 0 Å². The van der Waals surface area contributed by atoms with Gasteiger partial charge in [0.1, 0.15) is 5.82 Å². The van der Waals surface area contributed by atoms with Gasteiger partial charge < -0.3 is 15.1 Å². The van der Waals surface area contributed by atoms with Crippen molar-refractivity contribution in [3.8, 4) is 0 Å². The number of nitrogens with one attached hydrogen (secondary N) is 1. The van der Waals surface area contributed by atoms with Gasteiger partial charge in [0.05, 0.1) is 6.20 Å². The molecule has 3 aromatic rings. The first-order chi connectivity index (χ1) is 13.2. The van der Waals surface area contributed by atoms with E-state index >= 15 is 0 Å². The van der Waals surface area contributed by atoms with Crippen LogP contribution in [0.2, 0.25) is 5.02 Å². The molecule has 138 valence electrons. The SMILES string of the molecule is Fc1ccc(N2CCN(c3nncc(Nc4ccc(Cl)cc4)n3)CC2)cc1. The fourth-order valence-electron chi connectivity index (χ4n) is 2.99. The van der Waals surface area contributed by atoms with Gasteiger partial charge in [0.15, 0.2) is 5.82 Å². The number of piperazine rings is 1. The van der Waals surface area contributed by atoms with E-state index < -0.39 is 0 Å². The molecule has 0 unspecified atom stereocenters. The van der Waals surface area contributed by atoms with Gasteiger partial charge in [0.25, 0.3) is 0 Å². The van der Waals surface area contributed by atoms with Crippen molar-refractivity contribution in [2.45, 2.75) is 0 Å². The Hall–Kier alpha value is -2.93. The van der Waals surface area contributed by atoms with Crippen molar-refractivity contribution in [3.05, 3.63) is 65.6 Å². The zero-order valence-electron chi connectivity index (χ0n) is 14.5. The highest BCUT2D eigenvalue weighted by Gasteiger charge is 2.20. The molecule has 0 bridgehead atoms. The molecule has 0 aliphatic carbocycles. The first-order valence-corrected chi connectivity index (χ1v) is 9.03. The van der Waals surface area contributed by atoms with E-state index in [1.807, 2.05) is 24.3 Å². The zero-order chi connectivity index (χ0) is 18.6. The summed E-state index contributed by atoms with van der Waals surface area (Å²) in [4.78, 5) is 8.88. The molecule has 6 nitrogen and oxygen atoms in total. The van der Waals surface area contributed by atoms with Crippen LogP contribution in [-0.2, 0) is 0 Å². The summed E-state index contributed by atoms with van der Waals surface area (Å²) in [5.41, 5.74) is 1.90. The molecular formula is C19H18ClFN6. The van der Waals surface area contributed by atoms with Crippen LogP contribution in [0.5, 0.6) is 0 Å². The predicted molar refractivity (Wildman–Crippen MR) is 105 cm³/mol. The van der Waals surface area contributed by atoms with Crippen molar-refractivity contribution in [2.24, 2.45) is 0 Å². The number of anilines is 4. The number of nitrogens with zero attached hydrogens (tertiary/aromatic N) is 5. The number of aromatic nitrogens is 3. The van der Waals surface area contributed by atoms with E-state index in [1.54, 1.807) is 18.3 Å². The summed E-state index contributed by atoms with van der Waals surface area (Å²) in [7, 11) is 0. The number of rotatable bonds is 4. The highest BCUT2D eigenvalue weighted by atomic mass is 35.5. The molecule has 4 rings (SSSR count). The second-order valence-corrected chi connectivity index (χ2v) is 6.66. The maximum Gasteiger partial charge on any atom is 0.247 e. The molecule has 1 N–H and O–H groups in total. The molecule has 0 amide bonds. The van der Waals surface area contributed by atoms with Crippen LogP contribution in [-0.4, -0.2) is 41.4 Å². The monoisotopic (exact) mass is 384 g/mol. The fourth-order valence-corrected chi connectivity index (χ4v) is 3.11. The van der Waals surface area contributed by atoms with E-state index in [2.05, 4.69) is 30.3 Å². The van der Waals surface area contributed by atoms with Gasteiger partial charge in [-0.3, -0.25) is 0 Å². The quantitative estimate of drug-likeness (QED) is 0.739. The van der Waals surface area contributed by atoms with Gasteiger partial charge >= 0.3 is 0 Å². The Kier molecular flexibility index (Phi) is 5.02. The van der Waals surface area contributed by atoms with E-state index in [4.69, 9.17) is 11.6 Å². The van der Waals surface area contributed by atoms with Gasteiger partial charge in [0, 0.05) is 42.6 Å². The molecule has 8 heteroatoms. The summed E-state index contributed by atoms with van der Waals surface area (Å²) < 4.78 is 13.1. The normalized spacial score (nSPS) is 14.3. The van der Waals surface area contributed by atoms with Crippen LogP contribution in [0.4, 0.5) is 27.5 Å². The number of hydrogen-bond acceptors (Lipinski definition) is 6. The Balaban J connectivity index is 1.41. The van der Waals surface area contributed by atoms with E-state index in [1.165, 1.54) is 12.1 Å². The first kappa shape index (κ1) is 17.5. The Morgan fingerprint density at radius 1 is 0.889 bits per heavy atom. The summed E-state index contributed by atoms with van der Waals surface area (Å²) >= 11 is 5.91. The third-order valence-corrected chi connectivity index (χ3v) is 4.67. The topological polar surface area (TPSA) is 57.2 Å². The Labute approximate surface area is 161 Å². The molecule has 0 spiro atoms. The molecule has 1 fully saturated rings. The van der Waals surface area contributed by atoms with Gasteiger partial charge in [-0.1, -0.05) is 11.6 Å². The first-order valence-electron chi connectivity index (χ1n) is 8.65. The van der Waals surface area contributed by atoms with Gasteiger partial charge in [-0.25, -0.2) is 4.39 Å². The van der Waals surface area contributed by atoms with E-state index in [-0.39, 0.29) is 5.82 Å². The molecule has 27 heavy (non-hydrogen) atoms. The molecule has 1 aliphatic heterocycles. The third kappa shape index (κ3) is 4.25. The molecule has 1 saturated heterocycles. The van der Waals surface area contributed by atoms with Crippen LogP contribution in [0.15, 0.2) is 54.7 Å². The molecule has 2 heterocycles. The lowest BCUT2D eigenvalue weighted by atomic mass is 10.2. The zero-order valence-corrected chi connectivity index (χ0v) is 15.3. The highest BCUT2D eigenvalue weighted by molar-refractivity contribution is 6.30. The summed E-state index contributed by atoms with van der Waals surface area (Å²) in [6, 6.07) is 14.0. The molecule has 0 radical (unpaired) electrons. The van der Waals surface area contributed by atoms with Crippen molar-refractivity contribution in [1.82, 2.24) is 15.2 Å². The molecule has 0 atom stereocenters. The largest absolute Gasteiger partial charge is 0.368 e. The summed E-state index contributed by atoms with van der Waals surface area (Å²) in [6.07, 6.45) is 1.59. The standard InChI is InChI=1S/C19H18ClFN6/c20-14-1-5-16(6-2-14)23-18-13-22-25-19(24-18)27-11-9-26(10-12-27)17-7-3-15(21)4-8-17/h1-8,13H,9-12H2,(H,23,24,25). The van der Waals surface area contributed by atoms with Crippen LogP contribution < -0.4 is 15.1 Å². The number of halogens is 2. The van der Waals surface area contributed by atoms with Crippen LogP contribution in [0.25, 0.3) is 0 Å². The second kappa shape index (κ2) is 7.75. The second-order valence-electron chi connectivity index (χ2n) is 6.22. The lowest BCUT2D eigenvalue weighted by molar-refractivity contribution is 0.622. The molecule has 1 aromatic heterocycles. The van der Waals surface area contributed by atoms with Crippen molar-refractivity contribution >= 4 is 34.7 Å². The van der Waals surface area contributed by atoms with Gasteiger partial charge in [-0.15, -0.1) is 5.10 Å². The average molecular weight is 385 g/mol. The smallest absolute Gasteiger partial charge is 0.247 e. The van der Waals surface area contributed by atoms with Crippen LogP contribution in [0.1, 0.15) is 0 Å². The van der Waals surface area contributed by atoms with E-state index in [0.29, 0.717) is 16.8 Å². The third-order valence-electron chi connectivity index (χ3n) is 4.42. The van der Waals surface area contributed by atoms with Crippen molar-refractivity contribution in [1.29, 1.82) is 0 Å². The lowest BCUT2D eigenvalue weighted by Crippen LogP contribution is -2.47. The Bertz CT molecular complexity index is 895. The molecular weight excluding hydrogens is 367 g/mol. The number of benzene rings is 2. The maximum atomic E-state index is 13.1. The van der Waals surface area contributed by atoms with Gasteiger partial charge in [0.2, 0.25) is 5.95 Å². The van der Waals surface area contributed by atoms with Crippen molar-refractivity contribution < 1.29 is 4.39 Å². The van der Waals surface area contributed by atoms with E-state index in [0.717, 1.165) is 37.6 Å². The van der Waals surface area contributed by atoms with E-state index in [9.17, 15) is 4.39 Å².